The second kappa shape index (κ2) is 5.99. The van der Waals surface area contributed by atoms with Gasteiger partial charge in [0, 0.05) is 19.2 Å². The van der Waals surface area contributed by atoms with E-state index in [-0.39, 0.29) is 12.3 Å². The predicted octanol–water partition coefficient (Wildman–Crippen LogP) is 1.32. The highest BCUT2D eigenvalue weighted by atomic mass is 16.4. The van der Waals surface area contributed by atoms with Crippen molar-refractivity contribution in [1.29, 1.82) is 0 Å². The molecule has 19 heavy (non-hydrogen) atoms. The smallest absolute Gasteiger partial charge is 0.303 e. The molecule has 0 saturated heterocycles. The van der Waals surface area contributed by atoms with Gasteiger partial charge in [0.05, 0.1) is 17.3 Å². The van der Waals surface area contributed by atoms with Crippen molar-refractivity contribution in [2.24, 2.45) is 0 Å². The summed E-state index contributed by atoms with van der Waals surface area (Å²) in [5, 5.41) is 15.3. The second-order valence-corrected chi connectivity index (χ2v) is 4.20. The minimum absolute atomic E-state index is 0.132. The molecular formula is C13H15N3O3. The normalized spacial score (nSPS) is 10.5. The molecule has 0 aromatic carbocycles. The molecule has 100 valence electrons. The van der Waals surface area contributed by atoms with Gasteiger partial charge in [0.2, 0.25) is 0 Å². The second-order valence-electron chi connectivity index (χ2n) is 4.20. The SMILES string of the molecule is O=C(O)CCCCNC(=O)c1cnn2ccccc12. The number of amides is 1. The number of pyridine rings is 1. The Kier molecular flexibility index (Phi) is 4.12. The van der Waals surface area contributed by atoms with Crippen molar-refractivity contribution < 1.29 is 14.7 Å². The average molecular weight is 261 g/mol. The van der Waals surface area contributed by atoms with Crippen LogP contribution in [0, 0.1) is 0 Å². The summed E-state index contributed by atoms with van der Waals surface area (Å²) in [6.07, 6.45) is 4.65. The summed E-state index contributed by atoms with van der Waals surface area (Å²) in [6.45, 7) is 0.469. The van der Waals surface area contributed by atoms with Crippen LogP contribution in [0.5, 0.6) is 0 Å². The van der Waals surface area contributed by atoms with Gasteiger partial charge in [-0.1, -0.05) is 6.07 Å². The molecule has 0 fully saturated rings. The van der Waals surface area contributed by atoms with Crippen LogP contribution in [0.3, 0.4) is 0 Å². The quantitative estimate of drug-likeness (QED) is 0.768. The number of carbonyl (C=O) groups is 2. The van der Waals surface area contributed by atoms with E-state index in [1.54, 1.807) is 10.7 Å². The van der Waals surface area contributed by atoms with Crippen molar-refractivity contribution in [2.45, 2.75) is 19.3 Å². The van der Waals surface area contributed by atoms with Crippen LogP contribution >= 0.6 is 0 Å². The molecule has 0 spiro atoms. The molecule has 6 nitrogen and oxygen atoms in total. The van der Waals surface area contributed by atoms with E-state index < -0.39 is 5.97 Å². The molecule has 2 aromatic rings. The van der Waals surface area contributed by atoms with Gasteiger partial charge in [-0.15, -0.1) is 0 Å². The molecule has 1 amide bonds. The molecule has 0 atom stereocenters. The van der Waals surface area contributed by atoms with Crippen LogP contribution in [-0.2, 0) is 4.79 Å². The predicted molar refractivity (Wildman–Crippen MR) is 69.0 cm³/mol. The van der Waals surface area contributed by atoms with Crippen LogP contribution in [0.1, 0.15) is 29.6 Å². The molecule has 0 bridgehead atoms. The third kappa shape index (κ3) is 3.31. The Morgan fingerprint density at radius 1 is 1.32 bits per heavy atom. The summed E-state index contributed by atoms with van der Waals surface area (Å²) in [4.78, 5) is 22.3. The average Bonchev–Trinajstić information content (AvgIpc) is 2.81. The maximum atomic E-state index is 11.9. The fourth-order valence-electron chi connectivity index (χ4n) is 1.81. The third-order valence-electron chi connectivity index (χ3n) is 2.77. The summed E-state index contributed by atoms with van der Waals surface area (Å²) in [7, 11) is 0. The van der Waals surface area contributed by atoms with E-state index in [0.717, 1.165) is 5.52 Å². The molecule has 0 aliphatic heterocycles. The van der Waals surface area contributed by atoms with E-state index in [1.807, 2.05) is 18.2 Å². The summed E-state index contributed by atoms with van der Waals surface area (Å²) >= 11 is 0. The molecule has 2 N–H and O–H groups in total. The molecule has 0 aliphatic rings. The van der Waals surface area contributed by atoms with Crippen LogP contribution < -0.4 is 5.32 Å². The van der Waals surface area contributed by atoms with E-state index in [2.05, 4.69) is 10.4 Å². The first kappa shape index (κ1) is 13.1. The van der Waals surface area contributed by atoms with Gasteiger partial charge in [0.25, 0.3) is 5.91 Å². The molecule has 0 unspecified atom stereocenters. The fourth-order valence-corrected chi connectivity index (χ4v) is 1.81. The number of hydrogen-bond donors (Lipinski definition) is 2. The van der Waals surface area contributed by atoms with Gasteiger partial charge in [0.1, 0.15) is 0 Å². The van der Waals surface area contributed by atoms with Crippen LogP contribution in [0.2, 0.25) is 0 Å². The number of nitrogens with one attached hydrogen (secondary N) is 1. The van der Waals surface area contributed by atoms with Gasteiger partial charge in [-0.3, -0.25) is 9.59 Å². The number of carboxylic acids is 1. The Labute approximate surface area is 110 Å². The first-order chi connectivity index (χ1) is 9.18. The van der Waals surface area contributed by atoms with Crippen molar-refractivity contribution >= 4 is 17.4 Å². The van der Waals surface area contributed by atoms with E-state index in [0.29, 0.717) is 24.9 Å². The molecule has 0 saturated carbocycles. The standard InChI is InChI=1S/C13H15N3O3/c17-12(18)6-1-3-7-14-13(19)10-9-15-16-8-4-2-5-11(10)16/h2,4-5,8-9H,1,3,6-7H2,(H,14,19)(H,17,18). The number of unbranched alkanes of at least 4 members (excludes halogenated alkanes) is 1. The number of rotatable bonds is 6. The third-order valence-corrected chi connectivity index (χ3v) is 2.77. The first-order valence-electron chi connectivity index (χ1n) is 6.11. The van der Waals surface area contributed by atoms with Gasteiger partial charge < -0.3 is 10.4 Å². The lowest BCUT2D eigenvalue weighted by atomic mass is 10.2. The van der Waals surface area contributed by atoms with Gasteiger partial charge in [-0.25, -0.2) is 4.52 Å². The molecule has 6 heteroatoms. The molecule has 2 heterocycles. The highest BCUT2D eigenvalue weighted by Gasteiger charge is 2.11. The fraction of sp³-hybridized carbons (Fsp3) is 0.308. The zero-order chi connectivity index (χ0) is 13.7. The van der Waals surface area contributed by atoms with Crippen LogP contribution in [0.4, 0.5) is 0 Å². The molecule has 2 aromatic heterocycles. The summed E-state index contributed by atoms with van der Waals surface area (Å²) < 4.78 is 1.64. The number of carbonyl (C=O) groups excluding carboxylic acids is 1. The van der Waals surface area contributed by atoms with Gasteiger partial charge in [-0.2, -0.15) is 5.10 Å². The lowest BCUT2D eigenvalue weighted by Crippen LogP contribution is -2.24. The Balaban J connectivity index is 1.88. The van der Waals surface area contributed by atoms with Crippen molar-refractivity contribution in [1.82, 2.24) is 14.9 Å². The Morgan fingerprint density at radius 2 is 2.16 bits per heavy atom. The Morgan fingerprint density at radius 3 is 2.95 bits per heavy atom. The largest absolute Gasteiger partial charge is 0.481 e. The van der Waals surface area contributed by atoms with Crippen molar-refractivity contribution in [3.8, 4) is 0 Å². The lowest BCUT2D eigenvalue weighted by molar-refractivity contribution is -0.137. The number of fused-ring (bicyclic) bond motifs is 1. The number of nitrogens with zero attached hydrogens (tertiary/aromatic N) is 2. The first-order valence-corrected chi connectivity index (χ1v) is 6.11. The van der Waals surface area contributed by atoms with Gasteiger partial charge in [0.15, 0.2) is 0 Å². The molecule has 0 aliphatic carbocycles. The van der Waals surface area contributed by atoms with Crippen LogP contribution in [0.25, 0.3) is 5.52 Å². The van der Waals surface area contributed by atoms with E-state index in [1.165, 1.54) is 6.20 Å². The van der Waals surface area contributed by atoms with Crippen molar-refractivity contribution in [3.63, 3.8) is 0 Å². The number of aliphatic carboxylic acids is 1. The van der Waals surface area contributed by atoms with Gasteiger partial charge in [-0.05, 0) is 25.0 Å². The maximum Gasteiger partial charge on any atom is 0.303 e. The van der Waals surface area contributed by atoms with E-state index in [9.17, 15) is 9.59 Å². The van der Waals surface area contributed by atoms with Gasteiger partial charge >= 0.3 is 5.97 Å². The lowest BCUT2D eigenvalue weighted by Gasteiger charge is -2.03. The van der Waals surface area contributed by atoms with Crippen molar-refractivity contribution in [2.75, 3.05) is 6.54 Å². The number of aromatic nitrogens is 2. The minimum atomic E-state index is -0.811. The van der Waals surface area contributed by atoms with Crippen LogP contribution in [0.15, 0.2) is 30.6 Å². The number of carboxylic acid groups (broad SMARTS) is 1. The van der Waals surface area contributed by atoms with Crippen LogP contribution in [-0.4, -0.2) is 33.1 Å². The summed E-state index contributed by atoms with van der Waals surface area (Å²) in [5.41, 5.74) is 1.28. The highest BCUT2D eigenvalue weighted by Crippen LogP contribution is 2.09. The topological polar surface area (TPSA) is 83.7 Å². The molecule has 2 rings (SSSR count). The zero-order valence-corrected chi connectivity index (χ0v) is 10.4. The minimum Gasteiger partial charge on any atom is -0.481 e. The molecule has 0 radical (unpaired) electrons. The van der Waals surface area contributed by atoms with E-state index >= 15 is 0 Å². The zero-order valence-electron chi connectivity index (χ0n) is 10.4. The molecular weight excluding hydrogens is 246 g/mol. The summed E-state index contributed by atoms with van der Waals surface area (Å²) in [6, 6.07) is 5.51. The van der Waals surface area contributed by atoms with E-state index in [4.69, 9.17) is 5.11 Å². The number of hydrogen-bond acceptors (Lipinski definition) is 3. The summed E-state index contributed by atoms with van der Waals surface area (Å²) in [5.74, 6) is -0.995. The highest BCUT2D eigenvalue weighted by molar-refractivity contribution is 6.00. The monoisotopic (exact) mass is 261 g/mol. The Hall–Kier alpha value is -2.37. The maximum absolute atomic E-state index is 11.9. The van der Waals surface area contributed by atoms with Crippen molar-refractivity contribution in [3.05, 3.63) is 36.2 Å². The Bertz CT molecular complexity index is 592.